The summed E-state index contributed by atoms with van der Waals surface area (Å²) in [6, 6.07) is 1.81. The third-order valence-electron chi connectivity index (χ3n) is 4.58. The molecule has 6 heteroatoms. The lowest BCUT2D eigenvalue weighted by molar-refractivity contribution is 0.129. The molecule has 1 aliphatic heterocycles. The molecule has 0 unspecified atom stereocenters. The summed E-state index contributed by atoms with van der Waals surface area (Å²) in [5, 5.41) is 10.8. The number of fused-ring (bicyclic) bond motifs is 1. The molecule has 1 N–H and O–H groups in total. The van der Waals surface area contributed by atoms with Crippen LogP contribution in [-0.2, 0) is 16.6 Å². The van der Waals surface area contributed by atoms with Gasteiger partial charge in [0, 0.05) is 22.8 Å². The van der Waals surface area contributed by atoms with Crippen LogP contribution in [0, 0.1) is 5.92 Å². The van der Waals surface area contributed by atoms with E-state index >= 15 is 0 Å². The number of hydrogen-bond acceptors (Lipinski definition) is 4. The van der Waals surface area contributed by atoms with Crippen molar-refractivity contribution in [3.05, 3.63) is 16.3 Å². The maximum atomic E-state index is 12.8. The van der Waals surface area contributed by atoms with E-state index in [9.17, 15) is 8.42 Å². The number of aliphatic hydroxyl groups is 1. The molecule has 0 aromatic carbocycles. The minimum absolute atomic E-state index is 0.0910. The van der Waals surface area contributed by atoms with Crippen molar-refractivity contribution in [3.8, 4) is 0 Å². The van der Waals surface area contributed by atoms with Gasteiger partial charge >= 0.3 is 0 Å². The van der Waals surface area contributed by atoms with Crippen LogP contribution in [0.3, 0.4) is 0 Å². The van der Waals surface area contributed by atoms with Gasteiger partial charge in [-0.2, -0.15) is 4.31 Å². The Morgan fingerprint density at radius 2 is 2.00 bits per heavy atom. The SMILES string of the molecule is O=S(=O)(c1csc(CO)c1)N1CCC[C@H]2CCCC[C@H]21. The number of hydrogen-bond donors (Lipinski definition) is 1. The molecule has 3 rings (SSSR count). The predicted molar refractivity (Wildman–Crippen MR) is 79.1 cm³/mol. The Balaban J connectivity index is 1.89. The molecule has 1 aliphatic carbocycles. The fourth-order valence-corrected chi connectivity index (χ4v) is 6.47. The highest BCUT2D eigenvalue weighted by molar-refractivity contribution is 7.89. The van der Waals surface area contributed by atoms with Crippen LogP contribution in [-0.4, -0.2) is 30.4 Å². The van der Waals surface area contributed by atoms with Gasteiger partial charge in [0.15, 0.2) is 0 Å². The minimum Gasteiger partial charge on any atom is -0.391 e. The number of rotatable bonds is 3. The maximum Gasteiger partial charge on any atom is 0.244 e. The van der Waals surface area contributed by atoms with Gasteiger partial charge in [0.1, 0.15) is 0 Å². The van der Waals surface area contributed by atoms with Gasteiger partial charge < -0.3 is 5.11 Å². The van der Waals surface area contributed by atoms with Crippen LogP contribution in [0.5, 0.6) is 0 Å². The molecule has 0 radical (unpaired) electrons. The summed E-state index contributed by atoms with van der Waals surface area (Å²) in [5.74, 6) is 0.545. The van der Waals surface area contributed by atoms with Crippen LogP contribution in [0.1, 0.15) is 43.4 Å². The third-order valence-corrected chi connectivity index (χ3v) is 7.56. The summed E-state index contributed by atoms with van der Waals surface area (Å²) < 4.78 is 27.4. The van der Waals surface area contributed by atoms with Gasteiger partial charge in [-0.3, -0.25) is 0 Å². The van der Waals surface area contributed by atoms with Crippen LogP contribution < -0.4 is 0 Å². The standard InChI is InChI=1S/C14H21NO3S2/c16-9-12-8-13(10-19-12)20(17,18)15-7-3-5-11-4-1-2-6-14(11)15/h8,10-11,14,16H,1-7,9H2/t11-,14-/m1/s1. The first-order valence-electron chi connectivity index (χ1n) is 7.33. The second-order valence-corrected chi connectivity index (χ2v) is 8.66. The van der Waals surface area contributed by atoms with Crippen molar-refractivity contribution < 1.29 is 13.5 Å². The normalized spacial score (nSPS) is 28.2. The van der Waals surface area contributed by atoms with Gasteiger partial charge in [-0.05, 0) is 37.7 Å². The van der Waals surface area contributed by atoms with E-state index in [1.54, 1.807) is 15.8 Å². The largest absolute Gasteiger partial charge is 0.391 e. The number of nitrogens with zero attached hydrogens (tertiary/aromatic N) is 1. The second kappa shape index (κ2) is 5.75. The molecule has 0 spiro atoms. The summed E-state index contributed by atoms with van der Waals surface area (Å²) >= 11 is 1.31. The third kappa shape index (κ3) is 2.54. The van der Waals surface area contributed by atoms with Crippen molar-refractivity contribution in [2.75, 3.05) is 6.54 Å². The van der Waals surface area contributed by atoms with E-state index in [1.807, 2.05) is 0 Å². The Morgan fingerprint density at radius 3 is 2.75 bits per heavy atom. The van der Waals surface area contributed by atoms with Gasteiger partial charge in [0.05, 0.1) is 11.5 Å². The molecule has 112 valence electrons. The zero-order valence-electron chi connectivity index (χ0n) is 11.5. The van der Waals surface area contributed by atoms with Gasteiger partial charge in [-0.15, -0.1) is 11.3 Å². The van der Waals surface area contributed by atoms with Crippen molar-refractivity contribution >= 4 is 21.4 Å². The lowest BCUT2D eigenvalue weighted by atomic mass is 9.79. The first-order chi connectivity index (χ1) is 9.63. The molecule has 20 heavy (non-hydrogen) atoms. The van der Waals surface area contributed by atoms with E-state index < -0.39 is 10.0 Å². The van der Waals surface area contributed by atoms with Gasteiger partial charge in [0.25, 0.3) is 0 Å². The zero-order valence-corrected chi connectivity index (χ0v) is 13.1. The summed E-state index contributed by atoms with van der Waals surface area (Å²) in [6.07, 6.45) is 6.68. The van der Waals surface area contributed by atoms with Crippen LogP contribution in [0.4, 0.5) is 0 Å². The van der Waals surface area contributed by atoms with E-state index in [0.29, 0.717) is 22.2 Å². The maximum absolute atomic E-state index is 12.8. The fourth-order valence-electron chi connectivity index (χ4n) is 3.59. The van der Waals surface area contributed by atoms with Crippen LogP contribution in [0.2, 0.25) is 0 Å². The molecule has 2 heterocycles. The Bertz CT molecular complexity index is 565. The van der Waals surface area contributed by atoms with E-state index in [4.69, 9.17) is 5.11 Å². The topological polar surface area (TPSA) is 57.6 Å². The zero-order chi connectivity index (χ0) is 14.2. The van der Waals surface area contributed by atoms with Crippen molar-refractivity contribution in [1.82, 2.24) is 4.31 Å². The Morgan fingerprint density at radius 1 is 1.25 bits per heavy atom. The molecular formula is C14H21NO3S2. The molecular weight excluding hydrogens is 294 g/mol. The highest BCUT2D eigenvalue weighted by Gasteiger charge is 2.40. The Kier molecular flexibility index (Phi) is 4.17. The summed E-state index contributed by atoms with van der Waals surface area (Å²) in [5.41, 5.74) is 0. The van der Waals surface area contributed by atoms with Crippen molar-refractivity contribution in [2.45, 2.75) is 56.1 Å². The lowest BCUT2D eigenvalue weighted by Crippen LogP contribution is -2.49. The van der Waals surface area contributed by atoms with Crippen molar-refractivity contribution in [1.29, 1.82) is 0 Å². The number of aliphatic hydroxyl groups excluding tert-OH is 1. The van der Waals surface area contributed by atoms with E-state index in [-0.39, 0.29) is 12.6 Å². The quantitative estimate of drug-likeness (QED) is 0.932. The number of piperidine rings is 1. The molecule has 0 amide bonds. The smallest absolute Gasteiger partial charge is 0.244 e. The van der Waals surface area contributed by atoms with Gasteiger partial charge in [0.2, 0.25) is 10.0 Å². The van der Waals surface area contributed by atoms with E-state index in [0.717, 1.165) is 19.3 Å². The summed E-state index contributed by atoms with van der Waals surface area (Å²) in [4.78, 5) is 1.07. The van der Waals surface area contributed by atoms with Crippen LogP contribution in [0.25, 0.3) is 0 Å². The molecule has 1 aromatic rings. The molecule has 2 atom stereocenters. The molecule has 1 aromatic heterocycles. The monoisotopic (exact) mass is 315 g/mol. The average molecular weight is 315 g/mol. The Labute approximate surface area is 124 Å². The van der Waals surface area contributed by atoms with Crippen LogP contribution >= 0.6 is 11.3 Å². The first kappa shape index (κ1) is 14.5. The highest BCUT2D eigenvalue weighted by atomic mass is 32.2. The highest BCUT2D eigenvalue weighted by Crippen LogP contribution is 2.38. The number of thiophene rings is 1. The molecule has 2 fully saturated rings. The van der Waals surface area contributed by atoms with E-state index in [2.05, 4.69) is 0 Å². The summed E-state index contributed by atoms with van der Waals surface area (Å²) in [6.45, 7) is 0.556. The molecule has 0 bridgehead atoms. The van der Waals surface area contributed by atoms with Gasteiger partial charge in [-0.25, -0.2) is 8.42 Å². The van der Waals surface area contributed by atoms with Crippen molar-refractivity contribution in [3.63, 3.8) is 0 Å². The fraction of sp³-hybridized carbons (Fsp3) is 0.714. The molecule has 1 saturated carbocycles. The van der Waals surface area contributed by atoms with Crippen molar-refractivity contribution in [2.24, 2.45) is 5.92 Å². The van der Waals surface area contributed by atoms with Crippen LogP contribution in [0.15, 0.2) is 16.3 Å². The van der Waals surface area contributed by atoms with E-state index in [1.165, 1.54) is 30.6 Å². The average Bonchev–Trinajstić information content (AvgIpc) is 2.96. The van der Waals surface area contributed by atoms with Gasteiger partial charge in [-0.1, -0.05) is 12.8 Å². The minimum atomic E-state index is -3.39. The first-order valence-corrected chi connectivity index (χ1v) is 9.65. The molecule has 2 aliphatic rings. The predicted octanol–water partition coefficient (Wildman–Crippen LogP) is 2.58. The second-order valence-electron chi connectivity index (χ2n) is 5.78. The summed E-state index contributed by atoms with van der Waals surface area (Å²) in [7, 11) is -3.39. The number of sulfonamides is 1. The Hall–Kier alpha value is -0.430. The lowest BCUT2D eigenvalue weighted by Gasteiger charge is -2.42. The molecule has 1 saturated heterocycles. The molecule has 4 nitrogen and oxygen atoms in total.